The van der Waals surface area contributed by atoms with Gasteiger partial charge in [-0.3, -0.25) is 4.79 Å². The number of thioether (sulfide) groups is 1. The Balaban J connectivity index is 1.37. The summed E-state index contributed by atoms with van der Waals surface area (Å²) in [4.78, 5) is 15.7. The van der Waals surface area contributed by atoms with E-state index in [4.69, 9.17) is 14.2 Å². The molecule has 0 aromatic heterocycles. The van der Waals surface area contributed by atoms with E-state index in [0.717, 1.165) is 43.9 Å². The molecular formula is C23H27NO4S. The Bertz CT molecular complexity index is 823. The van der Waals surface area contributed by atoms with Crippen LogP contribution in [0, 0.1) is 0 Å². The molecule has 0 radical (unpaired) electrons. The van der Waals surface area contributed by atoms with Crippen molar-refractivity contribution in [2.24, 2.45) is 0 Å². The molecule has 2 atom stereocenters. The van der Waals surface area contributed by atoms with Crippen molar-refractivity contribution in [2.75, 3.05) is 32.6 Å². The molecule has 0 saturated carbocycles. The molecule has 0 aliphatic carbocycles. The first-order valence-electron chi connectivity index (χ1n) is 10.1. The Kier molecular flexibility index (Phi) is 6.62. The molecule has 154 valence electrons. The molecule has 2 fully saturated rings. The number of benzene rings is 2. The van der Waals surface area contributed by atoms with Gasteiger partial charge in [0.25, 0.3) is 0 Å². The number of hydrogen-bond donors (Lipinski definition) is 0. The predicted octanol–water partition coefficient (Wildman–Crippen LogP) is 4.32. The van der Waals surface area contributed by atoms with Gasteiger partial charge in [-0.2, -0.15) is 0 Å². The number of nitrogens with zero attached hydrogens (tertiary/aromatic N) is 1. The minimum absolute atomic E-state index is 0.182. The number of likely N-dealkylation sites (tertiary alicyclic amines) is 1. The maximum atomic E-state index is 12.5. The number of hydrogen-bond acceptors (Lipinski definition) is 5. The molecule has 0 spiro atoms. The largest absolute Gasteiger partial charge is 0.493 e. The van der Waals surface area contributed by atoms with Crippen molar-refractivity contribution in [3.63, 3.8) is 0 Å². The van der Waals surface area contributed by atoms with Gasteiger partial charge in [-0.25, -0.2) is 0 Å². The van der Waals surface area contributed by atoms with E-state index in [1.807, 2.05) is 41.3 Å². The van der Waals surface area contributed by atoms with Crippen molar-refractivity contribution in [3.05, 3.63) is 54.1 Å². The molecule has 2 aromatic rings. The summed E-state index contributed by atoms with van der Waals surface area (Å²) >= 11 is 1.79. The minimum atomic E-state index is -0.212. The van der Waals surface area contributed by atoms with Crippen molar-refractivity contribution in [1.29, 1.82) is 0 Å². The van der Waals surface area contributed by atoms with E-state index >= 15 is 0 Å². The van der Waals surface area contributed by atoms with Gasteiger partial charge in [-0.15, -0.1) is 11.8 Å². The summed E-state index contributed by atoms with van der Waals surface area (Å²) in [7, 11) is 1.64. The third kappa shape index (κ3) is 5.06. The molecule has 0 bridgehead atoms. The lowest BCUT2D eigenvalue weighted by Crippen LogP contribution is -2.27. The van der Waals surface area contributed by atoms with Crippen molar-refractivity contribution in [1.82, 2.24) is 4.90 Å². The lowest BCUT2D eigenvalue weighted by Gasteiger charge is -2.19. The van der Waals surface area contributed by atoms with Crippen LogP contribution >= 0.6 is 11.8 Å². The fourth-order valence-corrected chi connectivity index (χ4v) is 4.72. The average molecular weight is 414 g/mol. The van der Waals surface area contributed by atoms with Crippen molar-refractivity contribution >= 4 is 17.7 Å². The molecule has 1 amide bonds. The fourth-order valence-electron chi connectivity index (χ4n) is 3.82. The van der Waals surface area contributed by atoms with Gasteiger partial charge in [0.05, 0.1) is 13.7 Å². The highest BCUT2D eigenvalue weighted by Crippen LogP contribution is 2.36. The van der Waals surface area contributed by atoms with Gasteiger partial charge in [0.15, 0.2) is 17.8 Å². The summed E-state index contributed by atoms with van der Waals surface area (Å²) in [6.45, 7) is 2.25. The highest BCUT2D eigenvalue weighted by atomic mass is 32.2. The monoisotopic (exact) mass is 413 g/mol. The van der Waals surface area contributed by atoms with Crippen LogP contribution in [0.3, 0.4) is 0 Å². The molecule has 29 heavy (non-hydrogen) atoms. The Morgan fingerprint density at radius 3 is 2.79 bits per heavy atom. The predicted molar refractivity (Wildman–Crippen MR) is 114 cm³/mol. The van der Waals surface area contributed by atoms with Gasteiger partial charge < -0.3 is 19.1 Å². The van der Waals surface area contributed by atoms with Crippen LogP contribution in [-0.2, 0) is 9.53 Å². The maximum Gasteiger partial charge on any atom is 0.223 e. The summed E-state index contributed by atoms with van der Waals surface area (Å²) in [5.74, 6) is 2.70. The molecule has 2 aromatic carbocycles. The van der Waals surface area contributed by atoms with E-state index in [0.29, 0.717) is 17.9 Å². The van der Waals surface area contributed by atoms with Crippen molar-refractivity contribution in [3.8, 4) is 11.5 Å². The summed E-state index contributed by atoms with van der Waals surface area (Å²) < 4.78 is 17.1. The fraction of sp³-hybridized carbons (Fsp3) is 0.435. The summed E-state index contributed by atoms with van der Waals surface area (Å²) in [6.07, 6.45) is 2.24. The van der Waals surface area contributed by atoms with E-state index < -0.39 is 0 Å². The number of ether oxygens (including phenoxy) is 3. The lowest BCUT2D eigenvalue weighted by atomic mass is 9.98. The maximum absolute atomic E-state index is 12.5. The van der Waals surface area contributed by atoms with E-state index in [2.05, 4.69) is 12.1 Å². The molecule has 2 heterocycles. The van der Waals surface area contributed by atoms with Gasteiger partial charge in [0.1, 0.15) is 0 Å². The van der Waals surface area contributed by atoms with Crippen LogP contribution in [0.5, 0.6) is 11.5 Å². The Labute approximate surface area is 176 Å². The number of rotatable bonds is 8. The highest BCUT2D eigenvalue weighted by molar-refractivity contribution is 7.99. The van der Waals surface area contributed by atoms with Crippen LogP contribution in [0.2, 0.25) is 0 Å². The molecule has 4 rings (SSSR count). The van der Waals surface area contributed by atoms with Gasteiger partial charge >= 0.3 is 0 Å². The van der Waals surface area contributed by atoms with E-state index in [1.54, 1.807) is 18.9 Å². The molecule has 2 aliphatic heterocycles. The SMILES string of the molecule is COc1ccc([C@@H]2CC(=O)N(CCSc3ccccc3)C2)cc1OC1CCCO1. The van der Waals surface area contributed by atoms with E-state index in [9.17, 15) is 4.79 Å². The normalized spacial score (nSPS) is 21.6. The zero-order chi connectivity index (χ0) is 20.1. The summed E-state index contributed by atoms with van der Waals surface area (Å²) in [5, 5.41) is 0. The number of methoxy groups -OCH3 is 1. The van der Waals surface area contributed by atoms with Gasteiger partial charge in [0, 0.05) is 42.5 Å². The van der Waals surface area contributed by atoms with Gasteiger partial charge in [-0.05, 0) is 36.2 Å². The first-order chi connectivity index (χ1) is 14.2. The number of carbonyl (C=O) groups excluding carboxylic acids is 1. The second-order valence-electron chi connectivity index (χ2n) is 7.37. The Morgan fingerprint density at radius 1 is 1.17 bits per heavy atom. The number of amides is 1. The molecule has 5 nitrogen and oxygen atoms in total. The standard InChI is InChI=1S/C23H27NO4S/c1-26-20-10-9-17(14-21(20)28-23-8-5-12-27-23)18-15-22(25)24(16-18)11-13-29-19-6-3-2-4-7-19/h2-4,6-7,9-10,14,18,23H,5,8,11-13,15-16H2,1H3/t18-,23?/m1/s1. The molecular weight excluding hydrogens is 386 g/mol. The molecule has 6 heteroatoms. The summed E-state index contributed by atoms with van der Waals surface area (Å²) in [6, 6.07) is 16.3. The molecule has 2 saturated heterocycles. The van der Waals surface area contributed by atoms with Crippen molar-refractivity contribution < 1.29 is 19.0 Å². The van der Waals surface area contributed by atoms with Gasteiger partial charge in [-0.1, -0.05) is 24.3 Å². The molecule has 1 unspecified atom stereocenters. The zero-order valence-electron chi connectivity index (χ0n) is 16.7. The van der Waals surface area contributed by atoms with Crippen LogP contribution < -0.4 is 9.47 Å². The Morgan fingerprint density at radius 2 is 2.03 bits per heavy atom. The second kappa shape index (κ2) is 9.55. The topological polar surface area (TPSA) is 48.0 Å². The van der Waals surface area contributed by atoms with Crippen LogP contribution in [0.25, 0.3) is 0 Å². The zero-order valence-corrected chi connectivity index (χ0v) is 17.5. The molecule has 0 N–H and O–H groups in total. The van der Waals surface area contributed by atoms with Crippen LogP contribution in [0.15, 0.2) is 53.4 Å². The smallest absolute Gasteiger partial charge is 0.223 e. The third-order valence-corrected chi connectivity index (χ3v) is 6.39. The second-order valence-corrected chi connectivity index (χ2v) is 8.54. The quantitative estimate of drug-likeness (QED) is 0.603. The average Bonchev–Trinajstić information content (AvgIpc) is 3.39. The number of carbonyl (C=O) groups is 1. The Hall–Kier alpha value is -2.18. The van der Waals surface area contributed by atoms with Crippen LogP contribution in [0.4, 0.5) is 0 Å². The highest BCUT2D eigenvalue weighted by Gasteiger charge is 2.31. The first kappa shape index (κ1) is 20.1. The van der Waals surface area contributed by atoms with E-state index in [-0.39, 0.29) is 18.1 Å². The third-order valence-electron chi connectivity index (χ3n) is 5.39. The van der Waals surface area contributed by atoms with E-state index in [1.165, 1.54) is 4.90 Å². The minimum Gasteiger partial charge on any atom is -0.493 e. The van der Waals surface area contributed by atoms with Gasteiger partial charge in [0.2, 0.25) is 5.91 Å². The van der Waals surface area contributed by atoms with Crippen LogP contribution in [-0.4, -0.2) is 49.7 Å². The first-order valence-corrected chi connectivity index (χ1v) is 11.1. The van der Waals surface area contributed by atoms with Crippen LogP contribution in [0.1, 0.15) is 30.7 Å². The lowest BCUT2D eigenvalue weighted by molar-refractivity contribution is -0.127. The van der Waals surface area contributed by atoms with Crippen molar-refractivity contribution in [2.45, 2.75) is 36.4 Å². The summed E-state index contributed by atoms with van der Waals surface area (Å²) in [5.41, 5.74) is 1.12. The molecule has 2 aliphatic rings.